The van der Waals surface area contributed by atoms with Gasteiger partial charge in [0.05, 0.1) is 12.7 Å². The molecule has 0 bridgehead atoms. The smallest absolute Gasteiger partial charge is 0.165 e. The van der Waals surface area contributed by atoms with Crippen LogP contribution in [-0.4, -0.2) is 6.61 Å². The van der Waals surface area contributed by atoms with E-state index in [1.165, 1.54) is 6.07 Å². The standard InChI is InChI=1S/C13H16FNO/c1-2-16-13-8-7-11(10-12(13)14)6-4-3-5-9-15/h7-8,10H,2-6H2,1H3. The summed E-state index contributed by atoms with van der Waals surface area (Å²) < 4.78 is 18.6. The molecule has 0 heterocycles. The second-order valence-corrected chi connectivity index (χ2v) is 3.56. The van der Waals surface area contributed by atoms with Gasteiger partial charge >= 0.3 is 0 Å². The molecule has 0 spiro atoms. The van der Waals surface area contributed by atoms with Crippen molar-refractivity contribution in [3.05, 3.63) is 29.6 Å². The Kier molecular flexibility index (Phi) is 5.35. The molecule has 0 aliphatic rings. The van der Waals surface area contributed by atoms with E-state index in [9.17, 15) is 4.39 Å². The van der Waals surface area contributed by atoms with Gasteiger partial charge in [0.2, 0.25) is 0 Å². The van der Waals surface area contributed by atoms with E-state index in [0.29, 0.717) is 18.8 Å². The van der Waals surface area contributed by atoms with E-state index in [1.807, 2.05) is 13.0 Å². The zero-order chi connectivity index (χ0) is 11.8. The highest BCUT2D eigenvalue weighted by Gasteiger charge is 2.03. The molecule has 0 N–H and O–H groups in total. The molecule has 0 radical (unpaired) electrons. The molecule has 1 aromatic rings. The van der Waals surface area contributed by atoms with Gasteiger partial charge in [-0.15, -0.1) is 0 Å². The van der Waals surface area contributed by atoms with E-state index in [1.54, 1.807) is 6.07 Å². The molecule has 0 aliphatic carbocycles. The van der Waals surface area contributed by atoms with Gasteiger partial charge in [-0.3, -0.25) is 0 Å². The lowest BCUT2D eigenvalue weighted by Crippen LogP contribution is -1.96. The Bertz CT molecular complexity index is 371. The quantitative estimate of drug-likeness (QED) is 0.689. The number of nitriles is 1. The van der Waals surface area contributed by atoms with Crippen molar-refractivity contribution in [3.8, 4) is 11.8 Å². The van der Waals surface area contributed by atoms with E-state index < -0.39 is 0 Å². The minimum atomic E-state index is -0.306. The predicted octanol–water partition coefficient (Wildman–Crippen LogP) is 3.46. The summed E-state index contributed by atoms with van der Waals surface area (Å²) in [7, 11) is 0. The highest BCUT2D eigenvalue weighted by atomic mass is 19.1. The minimum absolute atomic E-state index is 0.306. The third-order valence-corrected chi connectivity index (χ3v) is 2.30. The zero-order valence-corrected chi connectivity index (χ0v) is 9.50. The van der Waals surface area contributed by atoms with Gasteiger partial charge in [0.25, 0.3) is 0 Å². The summed E-state index contributed by atoms with van der Waals surface area (Å²) in [4.78, 5) is 0. The van der Waals surface area contributed by atoms with Gasteiger partial charge in [-0.2, -0.15) is 5.26 Å². The van der Waals surface area contributed by atoms with Gasteiger partial charge in [-0.1, -0.05) is 6.07 Å². The maximum atomic E-state index is 13.4. The number of halogens is 1. The first-order valence-corrected chi connectivity index (χ1v) is 5.56. The number of nitrogens with zero attached hydrogens (tertiary/aromatic N) is 1. The van der Waals surface area contributed by atoms with Crippen LogP contribution >= 0.6 is 0 Å². The third-order valence-electron chi connectivity index (χ3n) is 2.30. The number of rotatable bonds is 6. The molecule has 1 rings (SSSR count). The van der Waals surface area contributed by atoms with Crippen molar-refractivity contribution in [2.24, 2.45) is 0 Å². The van der Waals surface area contributed by atoms with Crippen LogP contribution in [-0.2, 0) is 6.42 Å². The van der Waals surface area contributed by atoms with E-state index in [-0.39, 0.29) is 5.82 Å². The molecule has 2 nitrogen and oxygen atoms in total. The first-order valence-electron chi connectivity index (χ1n) is 5.56. The Balaban J connectivity index is 2.50. The van der Waals surface area contributed by atoms with Crippen molar-refractivity contribution in [2.75, 3.05) is 6.61 Å². The number of benzene rings is 1. The summed E-state index contributed by atoms with van der Waals surface area (Å²) >= 11 is 0. The van der Waals surface area contributed by atoms with Gasteiger partial charge < -0.3 is 4.74 Å². The molecule has 0 saturated heterocycles. The second-order valence-electron chi connectivity index (χ2n) is 3.56. The molecule has 16 heavy (non-hydrogen) atoms. The maximum Gasteiger partial charge on any atom is 0.165 e. The van der Waals surface area contributed by atoms with Gasteiger partial charge in [0.15, 0.2) is 11.6 Å². The molecule has 0 aromatic heterocycles. The first kappa shape index (κ1) is 12.5. The van der Waals surface area contributed by atoms with Crippen molar-refractivity contribution in [2.45, 2.75) is 32.6 Å². The molecule has 0 atom stereocenters. The van der Waals surface area contributed by atoms with Crippen molar-refractivity contribution < 1.29 is 9.13 Å². The van der Waals surface area contributed by atoms with Gasteiger partial charge in [-0.05, 0) is 43.9 Å². The second kappa shape index (κ2) is 6.84. The molecule has 1 aromatic carbocycles. The van der Waals surface area contributed by atoms with Crippen LogP contribution in [0.3, 0.4) is 0 Å². The average molecular weight is 221 g/mol. The summed E-state index contributed by atoms with van der Waals surface area (Å²) in [5.41, 5.74) is 0.957. The molecule has 0 aliphatic heterocycles. The molecule has 86 valence electrons. The SMILES string of the molecule is CCOc1ccc(CCCCC#N)cc1F. The van der Waals surface area contributed by atoms with Crippen LogP contribution in [0.25, 0.3) is 0 Å². The average Bonchev–Trinajstić information content (AvgIpc) is 2.28. The fraction of sp³-hybridized carbons (Fsp3) is 0.462. The lowest BCUT2D eigenvalue weighted by atomic mass is 10.1. The summed E-state index contributed by atoms with van der Waals surface area (Å²) in [5, 5.41) is 8.38. The van der Waals surface area contributed by atoms with E-state index >= 15 is 0 Å². The predicted molar refractivity (Wildman–Crippen MR) is 60.7 cm³/mol. The number of unbranched alkanes of at least 4 members (excludes halogenated alkanes) is 2. The van der Waals surface area contributed by atoms with Crippen molar-refractivity contribution in [3.63, 3.8) is 0 Å². The molecule has 0 unspecified atom stereocenters. The third kappa shape index (κ3) is 3.90. The Morgan fingerprint density at radius 3 is 2.81 bits per heavy atom. The topological polar surface area (TPSA) is 33.0 Å². The zero-order valence-electron chi connectivity index (χ0n) is 9.50. The monoisotopic (exact) mass is 221 g/mol. The molecule has 0 amide bonds. The lowest BCUT2D eigenvalue weighted by molar-refractivity contribution is 0.321. The van der Waals surface area contributed by atoms with Crippen molar-refractivity contribution in [1.29, 1.82) is 5.26 Å². The number of aryl methyl sites for hydroxylation is 1. The highest BCUT2D eigenvalue weighted by Crippen LogP contribution is 2.19. The van der Waals surface area contributed by atoms with Crippen LogP contribution in [0.1, 0.15) is 31.7 Å². The summed E-state index contributed by atoms with van der Waals surface area (Å²) in [6.45, 7) is 2.30. The maximum absolute atomic E-state index is 13.4. The molecular formula is C13H16FNO. The fourth-order valence-corrected chi connectivity index (χ4v) is 1.51. The summed E-state index contributed by atoms with van der Waals surface area (Å²) in [6.07, 6.45) is 3.16. The number of ether oxygens (including phenoxy) is 1. The van der Waals surface area contributed by atoms with Crippen LogP contribution in [0.5, 0.6) is 5.75 Å². The first-order chi connectivity index (χ1) is 7.77. The van der Waals surface area contributed by atoms with Gasteiger partial charge in [-0.25, -0.2) is 4.39 Å². The Morgan fingerprint density at radius 2 is 2.19 bits per heavy atom. The normalized spacial score (nSPS) is 9.81. The Hall–Kier alpha value is -1.56. The number of hydrogen-bond donors (Lipinski definition) is 0. The minimum Gasteiger partial charge on any atom is -0.491 e. The summed E-state index contributed by atoms with van der Waals surface area (Å²) in [6, 6.07) is 7.15. The number of hydrogen-bond acceptors (Lipinski definition) is 2. The van der Waals surface area contributed by atoms with E-state index in [2.05, 4.69) is 6.07 Å². The van der Waals surface area contributed by atoms with E-state index in [0.717, 1.165) is 24.8 Å². The largest absolute Gasteiger partial charge is 0.491 e. The fourth-order valence-electron chi connectivity index (χ4n) is 1.51. The van der Waals surface area contributed by atoms with E-state index in [4.69, 9.17) is 10.00 Å². The van der Waals surface area contributed by atoms with Crippen LogP contribution in [0.15, 0.2) is 18.2 Å². The van der Waals surface area contributed by atoms with Gasteiger partial charge in [0.1, 0.15) is 0 Å². The highest BCUT2D eigenvalue weighted by molar-refractivity contribution is 5.29. The van der Waals surface area contributed by atoms with Crippen LogP contribution in [0.2, 0.25) is 0 Å². The van der Waals surface area contributed by atoms with Crippen molar-refractivity contribution >= 4 is 0 Å². The molecular weight excluding hydrogens is 205 g/mol. The Labute approximate surface area is 95.7 Å². The van der Waals surface area contributed by atoms with Crippen LogP contribution < -0.4 is 4.74 Å². The molecule has 0 saturated carbocycles. The Morgan fingerprint density at radius 1 is 1.38 bits per heavy atom. The molecule has 0 fully saturated rings. The van der Waals surface area contributed by atoms with Gasteiger partial charge in [0, 0.05) is 6.42 Å². The summed E-state index contributed by atoms with van der Waals surface area (Å²) in [5.74, 6) is 0.00269. The van der Waals surface area contributed by atoms with Crippen molar-refractivity contribution in [1.82, 2.24) is 0 Å². The van der Waals surface area contributed by atoms with Crippen LogP contribution in [0.4, 0.5) is 4.39 Å². The lowest BCUT2D eigenvalue weighted by Gasteiger charge is -2.06. The molecule has 3 heteroatoms. The van der Waals surface area contributed by atoms with Crippen LogP contribution in [0, 0.1) is 17.1 Å².